The Labute approximate surface area is 193 Å². The molecule has 2 aromatic heterocycles. The lowest BCUT2D eigenvalue weighted by atomic mass is 9.91. The lowest BCUT2D eigenvalue weighted by molar-refractivity contribution is -0.139. The average Bonchev–Trinajstić information content (AvgIpc) is 3.17. The Kier molecular flexibility index (Phi) is 6.85. The first-order chi connectivity index (χ1) is 15.9. The van der Waals surface area contributed by atoms with Crippen molar-refractivity contribution in [3.05, 3.63) is 23.6 Å². The van der Waals surface area contributed by atoms with Gasteiger partial charge in [0.2, 0.25) is 17.4 Å². The number of anilines is 1. The van der Waals surface area contributed by atoms with Crippen molar-refractivity contribution >= 4 is 34.6 Å². The van der Waals surface area contributed by atoms with E-state index in [0.717, 1.165) is 31.4 Å². The Morgan fingerprint density at radius 2 is 1.94 bits per heavy atom. The fourth-order valence-corrected chi connectivity index (χ4v) is 5.14. The highest BCUT2D eigenvalue weighted by Crippen LogP contribution is 2.31. The molecule has 3 N–H and O–H groups in total. The lowest BCUT2D eigenvalue weighted by Crippen LogP contribution is -2.50. The van der Waals surface area contributed by atoms with Gasteiger partial charge in [-0.2, -0.15) is 0 Å². The molecule has 0 unspecified atom stereocenters. The smallest absolute Gasteiger partial charge is 0.321 e. The number of carbonyl (C=O) groups is 3. The minimum atomic E-state index is -0.779. The molecule has 9 heteroatoms. The fourth-order valence-electron chi connectivity index (χ4n) is 5.14. The van der Waals surface area contributed by atoms with Gasteiger partial charge in [-0.05, 0) is 51.7 Å². The Balaban J connectivity index is 1.49. The summed E-state index contributed by atoms with van der Waals surface area (Å²) in [5, 5.41) is 3.31. The number of aryl methyl sites for hydroxylation is 1. The molecule has 3 heterocycles. The van der Waals surface area contributed by atoms with Gasteiger partial charge < -0.3 is 25.3 Å². The number of nitrogens with zero attached hydrogens (tertiary/aromatic N) is 3. The predicted octanol–water partition coefficient (Wildman–Crippen LogP) is 3.66. The van der Waals surface area contributed by atoms with Gasteiger partial charge in [0.1, 0.15) is 5.69 Å². The van der Waals surface area contributed by atoms with Crippen LogP contribution in [0.1, 0.15) is 68.1 Å². The maximum absolute atomic E-state index is 13.3. The first-order valence-corrected chi connectivity index (χ1v) is 12.0. The number of nitrogens with two attached hydrogens (primary N) is 1. The molecule has 1 atom stereocenters. The van der Waals surface area contributed by atoms with E-state index in [4.69, 9.17) is 10.2 Å². The van der Waals surface area contributed by atoms with Crippen LogP contribution in [0.2, 0.25) is 0 Å². The van der Waals surface area contributed by atoms with Crippen LogP contribution >= 0.6 is 0 Å². The minimum absolute atomic E-state index is 0.129. The van der Waals surface area contributed by atoms with E-state index in [2.05, 4.69) is 10.3 Å². The van der Waals surface area contributed by atoms with Crippen LogP contribution in [0.5, 0.6) is 0 Å². The Bertz CT molecular complexity index is 1040. The molecule has 2 aliphatic rings. The van der Waals surface area contributed by atoms with Crippen molar-refractivity contribution in [3.63, 3.8) is 0 Å². The molecule has 9 nitrogen and oxygen atoms in total. The molecule has 4 amide bonds. The van der Waals surface area contributed by atoms with Crippen molar-refractivity contribution in [2.24, 2.45) is 11.7 Å². The first kappa shape index (κ1) is 23.1. The van der Waals surface area contributed by atoms with E-state index in [9.17, 15) is 14.4 Å². The van der Waals surface area contributed by atoms with Gasteiger partial charge in [0, 0.05) is 31.4 Å². The van der Waals surface area contributed by atoms with Gasteiger partial charge in [-0.1, -0.05) is 19.3 Å². The van der Waals surface area contributed by atoms with Gasteiger partial charge in [-0.25, -0.2) is 9.78 Å². The molecule has 2 fully saturated rings. The molecule has 1 saturated heterocycles. The third-order valence-electron chi connectivity index (χ3n) is 6.85. The molecule has 1 aliphatic carbocycles. The van der Waals surface area contributed by atoms with Crippen LogP contribution in [0.3, 0.4) is 0 Å². The average molecular weight is 456 g/mol. The fraction of sp³-hybridized carbons (Fsp3) is 0.583. The number of amides is 4. The van der Waals surface area contributed by atoms with Crippen LogP contribution in [-0.2, 0) is 4.79 Å². The molecule has 0 radical (unpaired) electrons. The summed E-state index contributed by atoms with van der Waals surface area (Å²) >= 11 is 0. The zero-order valence-electron chi connectivity index (χ0n) is 19.4. The Hall–Kier alpha value is -3.10. The van der Waals surface area contributed by atoms with Gasteiger partial charge in [0.15, 0.2) is 0 Å². The molecule has 1 aliphatic heterocycles. The van der Waals surface area contributed by atoms with Crippen LogP contribution in [0.15, 0.2) is 16.5 Å². The number of furan rings is 1. The molecule has 0 spiro atoms. The number of pyridine rings is 1. The van der Waals surface area contributed by atoms with Crippen LogP contribution in [0, 0.1) is 12.8 Å². The quantitative estimate of drug-likeness (QED) is 0.712. The third-order valence-corrected chi connectivity index (χ3v) is 6.85. The van der Waals surface area contributed by atoms with E-state index < -0.39 is 5.91 Å². The van der Waals surface area contributed by atoms with Crippen LogP contribution in [0.25, 0.3) is 11.1 Å². The largest absolute Gasteiger partial charge is 0.430 e. The molecule has 0 bridgehead atoms. The molecule has 2 aromatic rings. The zero-order valence-corrected chi connectivity index (χ0v) is 19.4. The summed E-state index contributed by atoms with van der Waals surface area (Å²) in [6.45, 7) is 5.44. The predicted molar refractivity (Wildman–Crippen MR) is 125 cm³/mol. The van der Waals surface area contributed by atoms with Crippen molar-refractivity contribution in [3.8, 4) is 0 Å². The van der Waals surface area contributed by atoms with Crippen LogP contribution < -0.4 is 11.1 Å². The molecule has 4 rings (SSSR count). The standard InChI is InChI=1S/C24H33N5O4/c1-3-29(17-9-5-4-6-10-17)23(31)16-8-7-13-28(14-16)24(32)27-19-18-12-11-15(2)26-22(18)33-20(19)21(25)30/h11-12,16-17H,3-10,13-14H2,1-2H3,(H2,25,30)(H,27,32)/t16-/m1/s1. The summed E-state index contributed by atoms with van der Waals surface area (Å²) in [6.07, 6.45) is 7.23. The number of urea groups is 1. The number of carbonyl (C=O) groups excluding carboxylic acids is 3. The number of rotatable bonds is 5. The number of likely N-dealkylation sites (tertiary alicyclic amines) is 1. The first-order valence-electron chi connectivity index (χ1n) is 12.0. The normalized spacial score (nSPS) is 19.5. The maximum Gasteiger partial charge on any atom is 0.321 e. The second-order valence-electron chi connectivity index (χ2n) is 9.11. The summed E-state index contributed by atoms with van der Waals surface area (Å²) in [4.78, 5) is 46.3. The third kappa shape index (κ3) is 4.82. The van der Waals surface area contributed by atoms with E-state index in [1.165, 1.54) is 19.3 Å². The topological polar surface area (TPSA) is 122 Å². The molecule has 178 valence electrons. The Morgan fingerprint density at radius 1 is 1.18 bits per heavy atom. The van der Waals surface area contributed by atoms with E-state index in [1.807, 2.05) is 18.7 Å². The number of hydrogen-bond acceptors (Lipinski definition) is 5. The summed E-state index contributed by atoms with van der Waals surface area (Å²) < 4.78 is 5.52. The minimum Gasteiger partial charge on any atom is -0.430 e. The van der Waals surface area contributed by atoms with Gasteiger partial charge >= 0.3 is 6.03 Å². The van der Waals surface area contributed by atoms with Gasteiger partial charge in [-0.15, -0.1) is 0 Å². The monoisotopic (exact) mass is 455 g/mol. The van der Waals surface area contributed by atoms with Gasteiger partial charge in [0.25, 0.3) is 5.91 Å². The zero-order chi connectivity index (χ0) is 23.5. The van der Waals surface area contributed by atoms with Crippen molar-refractivity contribution in [1.82, 2.24) is 14.8 Å². The van der Waals surface area contributed by atoms with Crippen molar-refractivity contribution in [1.29, 1.82) is 0 Å². The van der Waals surface area contributed by atoms with Crippen LogP contribution in [-0.4, -0.2) is 58.3 Å². The summed E-state index contributed by atoms with van der Waals surface area (Å²) in [7, 11) is 0. The van der Waals surface area contributed by atoms with Gasteiger partial charge in [-0.3, -0.25) is 9.59 Å². The van der Waals surface area contributed by atoms with E-state index in [0.29, 0.717) is 31.1 Å². The highest BCUT2D eigenvalue weighted by molar-refractivity contribution is 6.09. The highest BCUT2D eigenvalue weighted by atomic mass is 16.4. The number of hydrogen-bond donors (Lipinski definition) is 2. The van der Waals surface area contributed by atoms with Crippen molar-refractivity contribution < 1.29 is 18.8 Å². The number of primary amides is 1. The highest BCUT2D eigenvalue weighted by Gasteiger charge is 2.34. The molecule has 1 saturated carbocycles. The number of aromatic nitrogens is 1. The van der Waals surface area contributed by atoms with Crippen molar-refractivity contribution in [2.75, 3.05) is 25.0 Å². The molecule has 0 aromatic carbocycles. The molecular weight excluding hydrogens is 422 g/mol. The second kappa shape index (κ2) is 9.80. The number of fused-ring (bicyclic) bond motifs is 1. The van der Waals surface area contributed by atoms with Crippen LogP contribution in [0.4, 0.5) is 10.5 Å². The second-order valence-corrected chi connectivity index (χ2v) is 9.11. The molecule has 33 heavy (non-hydrogen) atoms. The number of piperidine rings is 1. The van der Waals surface area contributed by atoms with E-state index in [1.54, 1.807) is 17.0 Å². The lowest BCUT2D eigenvalue weighted by Gasteiger charge is -2.39. The van der Waals surface area contributed by atoms with Crippen molar-refractivity contribution in [2.45, 2.75) is 64.8 Å². The molecular formula is C24H33N5O4. The van der Waals surface area contributed by atoms with E-state index in [-0.39, 0.29) is 35.0 Å². The summed E-state index contributed by atoms with van der Waals surface area (Å²) in [5.41, 5.74) is 6.67. The Morgan fingerprint density at radius 3 is 2.64 bits per heavy atom. The summed E-state index contributed by atoms with van der Waals surface area (Å²) in [6, 6.07) is 3.46. The summed E-state index contributed by atoms with van der Waals surface area (Å²) in [5.74, 6) is -0.977. The SMILES string of the molecule is CCN(C(=O)[C@@H]1CCCN(C(=O)Nc2c(C(N)=O)oc3nc(C)ccc23)C1)C1CCCCC1. The number of nitrogens with one attached hydrogen (secondary N) is 1. The van der Waals surface area contributed by atoms with Gasteiger partial charge in [0.05, 0.1) is 11.3 Å². The van der Waals surface area contributed by atoms with E-state index >= 15 is 0 Å². The maximum atomic E-state index is 13.3.